The molecule has 7 heteroatoms. The van der Waals surface area contributed by atoms with E-state index >= 15 is 0 Å². The zero-order valence-corrected chi connectivity index (χ0v) is 19.7. The Morgan fingerprint density at radius 3 is 2.31 bits per heavy atom. The third-order valence-corrected chi connectivity index (χ3v) is 8.51. The number of nitrogens with zero attached hydrogens (tertiary/aromatic N) is 1. The number of carbonyl (C=O) groups is 1. The Hall–Kier alpha value is -3.97. The van der Waals surface area contributed by atoms with Crippen molar-refractivity contribution in [3.8, 4) is 11.1 Å². The lowest BCUT2D eigenvalue weighted by Crippen LogP contribution is -2.13. The van der Waals surface area contributed by atoms with E-state index in [0.29, 0.717) is 27.6 Å². The molecule has 0 saturated carbocycles. The van der Waals surface area contributed by atoms with Crippen molar-refractivity contribution in [2.45, 2.75) is 17.4 Å². The first-order chi connectivity index (χ1) is 16.9. The smallest absolute Gasteiger partial charge is 0.255 e. The molecule has 3 N–H and O–H groups in total. The first-order valence-electron chi connectivity index (χ1n) is 11.3. The molecular formula is C28H24FN3O2S. The summed E-state index contributed by atoms with van der Waals surface area (Å²) >= 11 is 0. The molecule has 1 heterocycles. The maximum atomic E-state index is 13.5. The third-order valence-electron chi connectivity index (χ3n) is 6.11. The largest absolute Gasteiger partial charge is 0.397 e. The third kappa shape index (κ3) is 4.81. The van der Waals surface area contributed by atoms with Crippen LogP contribution in [-0.4, -0.2) is 15.9 Å². The van der Waals surface area contributed by atoms with E-state index in [-0.39, 0.29) is 17.8 Å². The van der Waals surface area contributed by atoms with Crippen LogP contribution in [0.4, 0.5) is 15.8 Å². The summed E-state index contributed by atoms with van der Waals surface area (Å²) in [5.41, 5.74) is 10.1. The van der Waals surface area contributed by atoms with Gasteiger partial charge in [0.25, 0.3) is 5.91 Å². The van der Waals surface area contributed by atoms with Gasteiger partial charge in [0, 0.05) is 16.2 Å². The van der Waals surface area contributed by atoms with Gasteiger partial charge in [-0.15, -0.1) is 0 Å². The van der Waals surface area contributed by atoms with Crippen LogP contribution >= 0.6 is 0 Å². The molecule has 1 aliphatic heterocycles. The van der Waals surface area contributed by atoms with Crippen LogP contribution in [0.2, 0.25) is 0 Å². The predicted molar refractivity (Wildman–Crippen MR) is 138 cm³/mol. The van der Waals surface area contributed by atoms with Crippen molar-refractivity contribution in [2.75, 3.05) is 16.8 Å². The highest BCUT2D eigenvalue weighted by atomic mass is 32.2. The van der Waals surface area contributed by atoms with Crippen molar-refractivity contribution < 1.29 is 13.4 Å². The molecule has 0 aromatic heterocycles. The molecule has 0 aliphatic carbocycles. The molecule has 5 nitrogen and oxygen atoms in total. The molecule has 0 bridgehead atoms. The molecule has 0 saturated heterocycles. The van der Waals surface area contributed by atoms with Crippen LogP contribution in [0.15, 0.2) is 106 Å². The number of halogens is 1. The summed E-state index contributed by atoms with van der Waals surface area (Å²) in [6.07, 6.45) is 0.731. The second-order valence-electron chi connectivity index (χ2n) is 8.45. The minimum Gasteiger partial charge on any atom is -0.397 e. The molecular weight excluding hydrogens is 461 g/mol. The Morgan fingerprint density at radius 1 is 0.914 bits per heavy atom. The first kappa shape index (κ1) is 22.8. The first-order valence-corrected chi connectivity index (χ1v) is 13.0. The Labute approximate surface area is 204 Å². The van der Waals surface area contributed by atoms with Gasteiger partial charge in [0.15, 0.2) is 0 Å². The van der Waals surface area contributed by atoms with Crippen LogP contribution in [0.3, 0.4) is 0 Å². The van der Waals surface area contributed by atoms with Gasteiger partial charge in [0.05, 0.1) is 27.1 Å². The van der Waals surface area contributed by atoms with Gasteiger partial charge in [-0.2, -0.15) is 0 Å². The Balaban J connectivity index is 1.34. The lowest BCUT2D eigenvalue weighted by molar-refractivity contribution is 0.102. The monoisotopic (exact) mass is 485 g/mol. The van der Waals surface area contributed by atoms with E-state index in [1.54, 1.807) is 48.5 Å². The Kier molecular flexibility index (Phi) is 6.09. The van der Waals surface area contributed by atoms with E-state index in [4.69, 9.17) is 5.73 Å². The van der Waals surface area contributed by atoms with Gasteiger partial charge >= 0.3 is 0 Å². The fourth-order valence-corrected chi connectivity index (χ4v) is 6.37. The molecule has 1 aliphatic rings. The second-order valence-corrected chi connectivity index (χ2v) is 10.8. The van der Waals surface area contributed by atoms with Crippen molar-refractivity contribution >= 4 is 27.0 Å². The van der Waals surface area contributed by atoms with E-state index in [1.165, 1.54) is 12.1 Å². The van der Waals surface area contributed by atoms with Gasteiger partial charge in [-0.25, -0.2) is 13.0 Å². The zero-order valence-electron chi connectivity index (χ0n) is 18.9. The summed E-state index contributed by atoms with van der Waals surface area (Å²) in [5, 5.41) is 2.84. The van der Waals surface area contributed by atoms with Crippen molar-refractivity contribution in [3.63, 3.8) is 0 Å². The fraction of sp³-hybridized carbons (Fsp3) is 0.107. The average Bonchev–Trinajstić information content (AvgIpc) is 3.30. The lowest BCUT2D eigenvalue weighted by atomic mass is 10.0. The van der Waals surface area contributed by atoms with Crippen molar-refractivity contribution in [1.82, 2.24) is 0 Å². The van der Waals surface area contributed by atoms with Gasteiger partial charge in [0.1, 0.15) is 5.82 Å². The van der Waals surface area contributed by atoms with Gasteiger partial charge in [0.2, 0.25) is 0 Å². The molecule has 4 aromatic carbocycles. The van der Waals surface area contributed by atoms with Crippen LogP contribution in [0.5, 0.6) is 0 Å². The van der Waals surface area contributed by atoms with Crippen molar-refractivity contribution in [2.24, 2.45) is 4.36 Å². The summed E-state index contributed by atoms with van der Waals surface area (Å²) in [5.74, 6) is -0.158. The summed E-state index contributed by atoms with van der Waals surface area (Å²) in [4.78, 5) is 13.5. The number of anilines is 2. The molecule has 1 amide bonds. The summed E-state index contributed by atoms with van der Waals surface area (Å²) in [6, 6.07) is 27.9. The minimum absolute atomic E-state index is 0.0805. The Morgan fingerprint density at radius 2 is 1.60 bits per heavy atom. The maximum Gasteiger partial charge on any atom is 0.255 e. The molecule has 5 rings (SSSR count). The SMILES string of the molecule is Nc1ccc(-c2ccc(F)cc2)cc1NC(=O)c1ccc([S@@]2(=O)=N[C@H](c3ccccc3)CC2)cc1. The number of hydrogen-bond donors (Lipinski definition) is 2. The highest BCUT2D eigenvalue weighted by Gasteiger charge is 2.26. The van der Waals surface area contributed by atoms with Gasteiger partial charge < -0.3 is 11.1 Å². The molecule has 176 valence electrons. The summed E-state index contributed by atoms with van der Waals surface area (Å²) in [7, 11) is -2.53. The van der Waals surface area contributed by atoms with Crippen molar-refractivity contribution in [1.29, 1.82) is 0 Å². The van der Waals surface area contributed by atoms with Crippen LogP contribution < -0.4 is 11.1 Å². The predicted octanol–water partition coefficient (Wildman–Crippen LogP) is 6.30. The molecule has 4 aromatic rings. The van der Waals surface area contributed by atoms with Gasteiger partial charge in [-0.3, -0.25) is 4.79 Å². The number of benzene rings is 4. The highest BCUT2D eigenvalue weighted by molar-refractivity contribution is 7.93. The van der Waals surface area contributed by atoms with E-state index in [1.807, 2.05) is 36.4 Å². The van der Waals surface area contributed by atoms with E-state index < -0.39 is 9.73 Å². The van der Waals surface area contributed by atoms with Crippen LogP contribution in [0, 0.1) is 5.82 Å². The van der Waals surface area contributed by atoms with Crippen LogP contribution in [-0.2, 0) is 9.73 Å². The minimum atomic E-state index is -2.53. The topological polar surface area (TPSA) is 84.5 Å². The maximum absolute atomic E-state index is 13.5. The number of hydrogen-bond acceptors (Lipinski definition) is 4. The van der Waals surface area contributed by atoms with E-state index in [9.17, 15) is 13.4 Å². The number of carbonyl (C=O) groups excluding carboxylic acids is 1. The quantitative estimate of drug-likeness (QED) is 0.325. The standard InChI is InChI=1S/C28H24FN3O2S/c29-23-11-6-19(7-12-23)22-10-15-25(30)27(18-22)31-28(33)21-8-13-24(14-9-21)35(34)17-16-26(32-35)20-4-2-1-3-5-20/h1-15,18,26H,16-17,30H2,(H,31,33)/t26-,35+/m0/s1. The number of nitrogen functional groups attached to an aromatic ring is 1. The summed E-state index contributed by atoms with van der Waals surface area (Å²) in [6.45, 7) is 0. The zero-order chi connectivity index (χ0) is 24.4. The number of nitrogens with one attached hydrogen (secondary N) is 1. The molecule has 0 radical (unpaired) electrons. The molecule has 2 atom stereocenters. The average molecular weight is 486 g/mol. The van der Waals surface area contributed by atoms with E-state index in [0.717, 1.165) is 23.1 Å². The summed E-state index contributed by atoms with van der Waals surface area (Å²) < 4.78 is 31.4. The number of amides is 1. The van der Waals surface area contributed by atoms with Gasteiger partial charge in [-0.1, -0.05) is 48.5 Å². The van der Waals surface area contributed by atoms with Gasteiger partial charge in [-0.05, 0) is 71.6 Å². The molecule has 0 unspecified atom stereocenters. The normalized spacial score (nSPS) is 19.2. The van der Waals surface area contributed by atoms with E-state index in [2.05, 4.69) is 9.68 Å². The van der Waals surface area contributed by atoms with Crippen molar-refractivity contribution in [3.05, 3.63) is 114 Å². The second kappa shape index (κ2) is 9.35. The Bertz CT molecular complexity index is 1490. The number of rotatable bonds is 5. The highest BCUT2D eigenvalue weighted by Crippen LogP contribution is 2.34. The van der Waals surface area contributed by atoms with Crippen LogP contribution in [0.25, 0.3) is 11.1 Å². The van der Waals surface area contributed by atoms with Crippen LogP contribution in [0.1, 0.15) is 28.4 Å². The number of nitrogens with two attached hydrogens (primary N) is 1. The molecule has 0 fully saturated rings. The molecule has 0 spiro atoms. The lowest BCUT2D eigenvalue weighted by Gasteiger charge is -2.11. The fourth-order valence-electron chi connectivity index (χ4n) is 4.16. The molecule has 35 heavy (non-hydrogen) atoms.